The van der Waals surface area contributed by atoms with Crippen molar-refractivity contribution in [2.75, 3.05) is 18.1 Å². The summed E-state index contributed by atoms with van der Waals surface area (Å²) in [5.74, 6) is -2.05. The van der Waals surface area contributed by atoms with Crippen molar-refractivity contribution in [3.8, 4) is 28.4 Å². The van der Waals surface area contributed by atoms with Crippen LogP contribution in [0.3, 0.4) is 0 Å². The van der Waals surface area contributed by atoms with E-state index in [1.54, 1.807) is 55.5 Å². The Hall–Kier alpha value is -5.31. The number of esters is 1. The van der Waals surface area contributed by atoms with Gasteiger partial charge in [-0.05, 0) is 60.5 Å². The zero-order chi connectivity index (χ0) is 27.8. The van der Waals surface area contributed by atoms with E-state index in [4.69, 9.17) is 20.9 Å². The largest absolute Gasteiger partial charge is 0.507 e. The number of ketones is 2. The summed E-state index contributed by atoms with van der Waals surface area (Å²) in [7, 11) is 0. The molecule has 0 bridgehead atoms. The van der Waals surface area contributed by atoms with Gasteiger partial charge in [0.05, 0.1) is 40.1 Å². The zero-order valence-corrected chi connectivity index (χ0v) is 20.9. The molecule has 0 aromatic heterocycles. The van der Waals surface area contributed by atoms with Gasteiger partial charge in [0.2, 0.25) is 11.6 Å². The predicted octanol–water partition coefficient (Wildman–Crippen LogP) is 4.46. The maximum Gasteiger partial charge on any atom is 0.338 e. The summed E-state index contributed by atoms with van der Waals surface area (Å²) < 4.78 is 10.8. The third-order valence-electron chi connectivity index (χ3n) is 6.51. The molecule has 0 saturated heterocycles. The molecule has 0 heterocycles. The van der Waals surface area contributed by atoms with Crippen LogP contribution < -0.4 is 16.2 Å². The van der Waals surface area contributed by atoms with Crippen molar-refractivity contribution >= 4 is 28.9 Å². The van der Waals surface area contributed by atoms with Gasteiger partial charge in [-0.25, -0.2) is 4.79 Å². The third-order valence-corrected chi connectivity index (χ3v) is 6.51. The molecule has 4 aromatic rings. The van der Waals surface area contributed by atoms with Gasteiger partial charge in [-0.2, -0.15) is 0 Å². The number of nitrogen functional groups attached to an aromatic ring is 2. The summed E-state index contributed by atoms with van der Waals surface area (Å²) >= 11 is 0. The van der Waals surface area contributed by atoms with Crippen LogP contribution in [0.4, 0.5) is 11.4 Å². The van der Waals surface area contributed by atoms with Gasteiger partial charge in [-0.1, -0.05) is 24.3 Å². The van der Waals surface area contributed by atoms with Crippen molar-refractivity contribution in [3.63, 3.8) is 0 Å². The number of aromatic hydroxyl groups is 2. The van der Waals surface area contributed by atoms with E-state index in [1.807, 2.05) is 0 Å². The number of ether oxygens (including phenoxy) is 2. The van der Waals surface area contributed by atoms with Crippen molar-refractivity contribution in [1.82, 2.24) is 0 Å². The van der Waals surface area contributed by atoms with Gasteiger partial charge in [0, 0.05) is 11.3 Å². The number of hydrogen-bond donors (Lipinski definition) is 4. The second-order valence-electron chi connectivity index (χ2n) is 8.92. The Morgan fingerprint density at radius 1 is 0.795 bits per heavy atom. The van der Waals surface area contributed by atoms with E-state index in [2.05, 4.69) is 0 Å². The first-order chi connectivity index (χ1) is 18.7. The molecule has 9 nitrogen and oxygen atoms in total. The lowest BCUT2D eigenvalue weighted by Crippen LogP contribution is -2.24. The summed E-state index contributed by atoms with van der Waals surface area (Å²) in [5.41, 5.74) is 13.7. The first-order valence-corrected chi connectivity index (χ1v) is 12.1. The van der Waals surface area contributed by atoms with Gasteiger partial charge in [0.25, 0.3) is 0 Å². The average Bonchev–Trinajstić information content (AvgIpc) is 2.93. The molecule has 5 rings (SSSR count). The van der Waals surface area contributed by atoms with Gasteiger partial charge in [0.1, 0.15) is 23.9 Å². The Kier molecular flexibility index (Phi) is 6.41. The SMILES string of the molecule is CCOC(=O)c1ccc(COc2ccc(-c3cc(O)c4c(c3N)C(=O)c3c(O)ccc(N)c3C4=O)cc2)cc1. The molecule has 196 valence electrons. The lowest BCUT2D eigenvalue weighted by molar-refractivity contribution is 0.0526. The molecule has 0 unspecified atom stereocenters. The van der Waals surface area contributed by atoms with Gasteiger partial charge in [0.15, 0.2) is 0 Å². The Morgan fingerprint density at radius 2 is 1.44 bits per heavy atom. The lowest BCUT2D eigenvalue weighted by atomic mass is 9.80. The van der Waals surface area contributed by atoms with Crippen LogP contribution in [0.2, 0.25) is 0 Å². The number of carbonyl (C=O) groups excluding carboxylic acids is 3. The van der Waals surface area contributed by atoms with E-state index in [9.17, 15) is 24.6 Å². The number of rotatable bonds is 6. The highest BCUT2D eigenvalue weighted by Gasteiger charge is 2.38. The predicted molar refractivity (Wildman–Crippen MR) is 144 cm³/mol. The number of phenolic OH excluding ortho intramolecular Hbond substituents is 2. The van der Waals surface area contributed by atoms with Crippen molar-refractivity contribution < 1.29 is 34.1 Å². The van der Waals surface area contributed by atoms with Crippen LogP contribution in [-0.2, 0) is 11.3 Å². The quantitative estimate of drug-likeness (QED) is 0.143. The molecule has 1 aliphatic rings. The third kappa shape index (κ3) is 4.40. The summed E-state index contributed by atoms with van der Waals surface area (Å²) in [6.45, 7) is 2.31. The lowest BCUT2D eigenvalue weighted by Gasteiger charge is -2.23. The standard InChI is InChI=1S/C30H24N2O7/c1-2-38-30(37)17-5-3-15(4-6-17)14-39-18-9-7-16(8-10-18)19-13-22(34)25-26(27(19)32)29(36)24-21(33)12-11-20(31)23(24)28(25)35/h3-13,33-34H,2,14,31-32H2,1H3. The normalized spacial score (nSPS) is 12.0. The molecule has 9 heteroatoms. The van der Waals surface area contributed by atoms with Crippen LogP contribution >= 0.6 is 0 Å². The molecular weight excluding hydrogens is 500 g/mol. The summed E-state index contributed by atoms with van der Waals surface area (Å²) in [6, 6.07) is 17.6. The monoisotopic (exact) mass is 524 g/mol. The van der Waals surface area contributed by atoms with Crippen molar-refractivity contribution in [1.29, 1.82) is 0 Å². The maximum atomic E-state index is 13.3. The van der Waals surface area contributed by atoms with Crippen LogP contribution in [0, 0.1) is 0 Å². The van der Waals surface area contributed by atoms with Crippen LogP contribution in [0.15, 0.2) is 66.7 Å². The summed E-state index contributed by atoms with van der Waals surface area (Å²) in [5, 5.41) is 21.1. The molecule has 0 spiro atoms. The minimum absolute atomic E-state index is 0.0102. The highest BCUT2D eigenvalue weighted by atomic mass is 16.5. The summed E-state index contributed by atoms with van der Waals surface area (Å²) in [4.78, 5) is 38.3. The molecule has 0 amide bonds. The molecule has 0 aliphatic heterocycles. The zero-order valence-electron chi connectivity index (χ0n) is 20.9. The average molecular weight is 525 g/mol. The Morgan fingerprint density at radius 3 is 2.10 bits per heavy atom. The number of hydrogen-bond acceptors (Lipinski definition) is 9. The molecule has 4 aromatic carbocycles. The van der Waals surface area contributed by atoms with Gasteiger partial charge < -0.3 is 31.2 Å². The highest BCUT2D eigenvalue weighted by Crippen LogP contribution is 2.44. The number of carbonyl (C=O) groups is 3. The second-order valence-corrected chi connectivity index (χ2v) is 8.92. The Labute approximate surface area is 223 Å². The molecule has 0 fully saturated rings. The Bertz CT molecular complexity index is 1640. The Balaban J connectivity index is 1.40. The first kappa shape index (κ1) is 25.3. The molecular formula is C30H24N2O7. The minimum atomic E-state index is -0.701. The molecule has 0 saturated carbocycles. The number of nitrogens with two attached hydrogens (primary N) is 2. The van der Waals surface area contributed by atoms with Crippen molar-refractivity contribution in [2.24, 2.45) is 0 Å². The van der Waals surface area contributed by atoms with Gasteiger partial charge in [-0.15, -0.1) is 0 Å². The molecule has 0 radical (unpaired) electrons. The fourth-order valence-corrected chi connectivity index (χ4v) is 4.57. The highest BCUT2D eigenvalue weighted by molar-refractivity contribution is 6.34. The van der Waals surface area contributed by atoms with E-state index in [0.29, 0.717) is 29.0 Å². The van der Waals surface area contributed by atoms with Crippen LogP contribution in [0.5, 0.6) is 17.2 Å². The van der Waals surface area contributed by atoms with Crippen molar-refractivity contribution in [2.45, 2.75) is 13.5 Å². The smallest absolute Gasteiger partial charge is 0.338 e. The second kappa shape index (κ2) is 9.86. The molecule has 1 aliphatic carbocycles. The summed E-state index contributed by atoms with van der Waals surface area (Å²) in [6.07, 6.45) is 0. The van der Waals surface area contributed by atoms with Gasteiger partial charge in [-0.3, -0.25) is 9.59 Å². The van der Waals surface area contributed by atoms with E-state index in [0.717, 1.165) is 5.56 Å². The van der Waals surface area contributed by atoms with E-state index in [-0.39, 0.29) is 46.2 Å². The van der Waals surface area contributed by atoms with E-state index in [1.165, 1.54) is 18.2 Å². The topological polar surface area (TPSA) is 162 Å². The van der Waals surface area contributed by atoms with Crippen molar-refractivity contribution in [3.05, 3.63) is 100 Å². The number of benzene rings is 4. The number of phenols is 2. The molecule has 0 atom stereocenters. The van der Waals surface area contributed by atoms with Gasteiger partial charge >= 0.3 is 5.97 Å². The first-order valence-electron chi connectivity index (χ1n) is 12.1. The van der Waals surface area contributed by atoms with Crippen LogP contribution in [0.25, 0.3) is 11.1 Å². The van der Waals surface area contributed by atoms with E-state index >= 15 is 0 Å². The fourth-order valence-electron chi connectivity index (χ4n) is 4.57. The van der Waals surface area contributed by atoms with Crippen LogP contribution in [0.1, 0.15) is 54.7 Å². The minimum Gasteiger partial charge on any atom is -0.507 e. The maximum absolute atomic E-state index is 13.3. The van der Waals surface area contributed by atoms with E-state index < -0.39 is 23.1 Å². The van der Waals surface area contributed by atoms with Crippen LogP contribution in [-0.4, -0.2) is 34.4 Å². The molecule has 6 N–H and O–H groups in total. The number of fused-ring (bicyclic) bond motifs is 2. The molecule has 39 heavy (non-hydrogen) atoms. The number of anilines is 2. The fraction of sp³-hybridized carbons (Fsp3) is 0.100.